The molecule has 202 valence electrons. The van der Waals surface area contributed by atoms with Gasteiger partial charge in [-0.2, -0.15) is 4.72 Å². The van der Waals surface area contributed by atoms with Gasteiger partial charge in [0.15, 0.2) is 5.78 Å². The Balaban J connectivity index is 1.38. The van der Waals surface area contributed by atoms with E-state index in [2.05, 4.69) is 25.3 Å². The van der Waals surface area contributed by atoms with Crippen LogP contribution in [0.4, 0.5) is 0 Å². The first kappa shape index (κ1) is 27.8. The number of sulfonamides is 1. The van der Waals surface area contributed by atoms with E-state index in [4.69, 9.17) is 0 Å². The van der Waals surface area contributed by atoms with Crippen LogP contribution in [0.5, 0.6) is 0 Å². The Labute approximate surface area is 226 Å². The largest absolute Gasteiger partial charge is 0.348 e. The van der Waals surface area contributed by atoms with Crippen molar-refractivity contribution in [3.8, 4) is 0 Å². The fraction of sp³-hybridized carbons (Fsp3) is 0.250. The number of hydrogen-bond acceptors (Lipinski definition) is 7. The van der Waals surface area contributed by atoms with Crippen LogP contribution in [-0.2, 0) is 19.6 Å². The van der Waals surface area contributed by atoms with Gasteiger partial charge in [0, 0.05) is 23.2 Å². The maximum atomic E-state index is 13.2. The van der Waals surface area contributed by atoms with Crippen LogP contribution in [0.1, 0.15) is 30.6 Å². The third-order valence-corrected chi connectivity index (χ3v) is 7.49. The van der Waals surface area contributed by atoms with Crippen LogP contribution < -0.4 is 15.4 Å². The minimum Gasteiger partial charge on any atom is -0.348 e. The molecule has 0 radical (unpaired) electrons. The first-order valence-corrected chi connectivity index (χ1v) is 13.9. The number of carbonyl (C=O) groups is 3. The lowest BCUT2D eigenvalue weighted by molar-refractivity contribution is -0.126. The summed E-state index contributed by atoms with van der Waals surface area (Å²) in [7, 11) is -4.11. The smallest absolute Gasteiger partial charge is 0.253 e. The summed E-state index contributed by atoms with van der Waals surface area (Å²) in [4.78, 5) is 46.4. The van der Waals surface area contributed by atoms with Crippen molar-refractivity contribution in [1.82, 2.24) is 25.3 Å². The second kappa shape index (κ2) is 12.1. The van der Waals surface area contributed by atoms with E-state index in [0.717, 1.165) is 5.39 Å². The molecule has 3 N–H and O–H groups in total. The molecule has 2 aromatic heterocycles. The van der Waals surface area contributed by atoms with Crippen LogP contribution in [0.3, 0.4) is 0 Å². The van der Waals surface area contributed by atoms with Gasteiger partial charge in [-0.05, 0) is 36.6 Å². The highest BCUT2D eigenvalue weighted by Crippen LogP contribution is 2.21. The molecular formula is C28H29N5O5S. The molecule has 11 heteroatoms. The topological polar surface area (TPSA) is 147 Å². The van der Waals surface area contributed by atoms with Crippen LogP contribution in [0.25, 0.3) is 21.8 Å². The molecular weight excluding hydrogens is 518 g/mol. The predicted octanol–water partition coefficient (Wildman–Crippen LogP) is 2.59. The lowest BCUT2D eigenvalue weighted by Gasteiger charge is -2.20. The lowest BCUT2D eigenvalue weighted by Crippen LogP contribution is -2.49. The Kier molecular flexibility index (Phi) is 8.62. The predicted molar refractivity (Wildman–Crippen MR) is 147 cm³/mol. The zero-order valence-corrected chi connectivity index (χ0v) is 22.4. The SMILES string of the molecule is CC(C)C[C@H](NS(=O)(=O)c1cccc2cccnc12)C(=O)NCC(=O)CNC(=O)c1cccc2cccnc12. The van der Waals surface area contributed by atoms with E-state index in [1.54, 1.807) is 48.7 Å². The van der Waals surface area contributed by atoms with Crippen molar-refractivity contribution in [2.45, 2.75) is 31.2 Å². The van der Waals surface area contributed by atoms with Crippen LogP contribution in [0, 0.1) is 5.92 Å². The zero-order valence-electron chi connectivity index (χ0n) is 21.5. The van der Waals surface area contributed by atoms with Gasteiger partial charge in [-0.3, -0.25) is 24.4 Å². The summed E-state index contributed by atoms with van der Waals surface area (Å²) in [6.07, 6.45) is 3.29. The highest BCUT2D eigenvalue weighted by Gasteiger charge is 2.28. The number of carbonyl (C=O) groups excluding carboxylic acids is 3. The van der Waals surface area contributed by atoms with Crippen LogP contribution in [-0.4, -0.2) is 55.1 Å². The Morgan fingerprint density at radius 2 is 1.38 bits per heavy atom. The number of Topliss-reactive ketones (excluding diaryl/α,β-unsaturated/α-hetero) is 1. The number of para-hydroxylation sites is 2. The Hall–Kier alpha value is -4.22. The zero-order chi connectivity index (χ0) is 28.0. The molecule has 4 rings (SSSR count). The highest BCUT2D eigenvalue weighted by molar-refractivity contribution is 7.89. The molecule has 0 unspecified atom stereocenters. The number of ketones is 1. The van der Waals surface area contributed by atoms with Gasteiger partial charge in [0.25, 0.3) is 5.91 Å². The van der Waals surface area contributed by atoms with Gasteiger partial charge in [0.2, 0.25) is 15.9 Å². The van der Waals surface area contributed by atoms with Crippen molar-refractivity contribution in [3.05, 3.63) is 78.6 Å². The molecule has 10 nitrogen and oxygen atoms in total. The van der Waals surface area contributed by atoms with E-state index in [-0.39, 0.29) is 30.3 Å². The molecule has 0 saturated carbocycles. The first-order chi connectivity index (χ1) is 18.7. The number of nitrogens with zero attached hydrogens (tertiary/aromatic N) is 2. The summed E-state index contributed by atoms with van der Waals surface area (Å²) >= 11 is 0. The molecule has 0 saturated heterocycles. The van der Waals surface area contributed by atoms with E-state index in [9.17, 15) is 22.8 Å². The fourth-order valence-electron chi connectivity index (χ4n) is 4.16. The monoisotopic (exact) mass is 547 g/mol. The molecule has 0 aliphatic heterocycles. The molecule has 2 heterocycles. The lowest BCUT2D eigenvalue weighted by atomic mass is 10.0. The molecule has 2 amide bonds. The standard InChI is InChI=1S/C28H29N5O5S/c1-18(2)15-23(33-39(37,38)24-12-4-8-20-10-6-14-30-26(20)24)28(36)32-17-21(34)16-31-27(35)22-11-3-7-19-9-5-13-29-25(19)22/h3-14,18,23,33H,15-17H2,1-2H3,(H,31,35)(H,32,36)/t23-/m0/s1. The second-order valence-electron chi connectivity index (χ2n) is 9.45. The van der Waals surface area contributed by atoms with Crippen molar-refractivity contribution < 1.29 is 22.8 Å². The van der Waals surface area contributed by atoms with Crippen molar-refractivity contribution in [1.29, 1.82) is 0 Å². The van der Waals surface area contributed by atoms with Crippen molar-refractivity contribution >= 4 is 49.4 Å². The van der Waals surface area contributed by atoms with Gasteiger partial charge in [-0.15, -0.1) is 0 Å². The number of nitrogens with one attached hydrogen (secondary N) is 3. The molecule has 1 atom stereocenters. The molecule has 2 aromatic carbocycles. The highest BCUT2D eigenvalue weighted by atomic mass is 32.2. The third kappa shape index (κ3) is 6.81. The number of rotatable bonds is 11. The average molecular weight is 548 g/mol. The molecule has 0 fully saturated rings. The van der Waals surface area contributed by atoms with Gasteiger partial charge >= 0.3 is 0 Å². The second-order valence-corrected chi connectivity index (χ2v) is 11.1. The maximum absolute atomic E-state index is 13.2. The van der Waals surface area contributed by atoms with E-state index in [0.29, 0.717) is 22.0 Å². The first-order valence-electron chi connectivity index (χ1n) is 12.4. The number of fused-ring (bicyclic) bond motifs is 2. The summed E-state index contributed by atoms with van der Waals surface area (Å²) in [5.74, 6) is -1.57. The summed E-state index contributed by atoms with van der Waals surface area (Å²) in [6, 6.07) is 15.9. The number of hydrogen-bond donors (Lipinski definition) is 3. The molecule has 0 aliphatic carbocycles. The molecule has 39 heavy (non-hydrogen) atoms. The van der Waals surface area contributed by atoms with Gasteiger partial charge in [0.1, 0.15) is 10.9 Å². The molecule has 4 aromatic rings. The van der Waals surface area contributed by atoms with Crippen LogP contribution in [0.15, 0.2) is 78.0 Å². The molecule has 0 bridgehead atoms. The number of benzene rings is 2. The summed E-state index contributed by atoms with van der Waals surface area (Å²) in [5.41, 5.74) is 1.14. The number of amides is 2. The van der Waals surface area contributed by atoms with Crippen molar-refractivity contribution in [2.75, 3.05) is 13.1 Å². The van der Waals surface area contributed by atoms with E-state index in [1.165, 1.54) is 12.3 Å². The van der Waals surface area contributed by atoms with Crippen LogP contribution in [0.2, 0.25) is 0 Å². The summed E-state index contributed by atoms with van der Waals surface area (Å²) in [6.45, 7) is 3.03. The minimum absolute atomic E-state index is 0.0154. The Morgan fingerprint density at radius 1 is 0.795 bits per heavy atom. The molecule has 0 spiro atoms. The van der Waals surface area contributed by atoms with Crippen molar-refractivity contribution in [3.63, 3.8) is 0 Å². The summed E-state index contributed by atoms with van der Waals surface area (Å²) < 4.78 is 28.9. The third-order valence-electron chi connectivity index (χ3n) is 5.99. The van der Waals surface area contributed by atoms with E-state index in [1.807, 2.05) is 26.0 Å². The van der Waals surface area contributed by atoms with Crippen molar-refractivity contribution in [2.24, 2.45) is 5.92 Å². The van der Waals surface area contributed by atoms with Crippen LogP contribution >= 0.6 is 0 Å². The number of pyridine rings is 2. The van der Waals surface area contributed by atoms with E-state index >= 15 is 0 Å². The quantitative estimate of drug-likeness (QED) is 0.261. The Morgan fingerprint density at radius 3 is 2.08 bits per heavy atom. The normalized spacial score (nSPS) is 12.4. The van der Waals surface area contributed by atoms with E-state index < -0.39 is 33.7 Å². The van der Waals surface area contributed by atoms with Gasteiger partial charge < -0.3 is 10.6 Å². The van der Waals surface area contributed by atoms with Gasteiger partial charge in [0.05, 0.1) is 29.7 Å². The Bertz CT molecular complexity index is 1630. The molecule has 0 aliphatic rings. The average Bonchev–Trinajstić information content (AvgIpc) is 2.93. The minimum atomic E-state index is -4.11. The van der Waals surface area contributed by atoms with Gasteiger partial charge in [-0.1, -0.05) is 50.2 Å². The summed E-state index contributed by atoms with van der Waals surface area (Å²) in [5, 5.41) is 6.50. The maximum Gasteiger partial charge on any atom is 0.253 e. The van der Waals surface area contributed by atoms with Gasteiger partial charge in [-0.25, -0.2) is 8.42 Å². The fourth-order valence-corrected chi connectivity index (χ4v) is 5.54. The number of aromatic nitrogens is 2.